The number of rotatable bonds is 6. The van der Waals surface area contributed by atoms with Gasteiger partial charge in [0.05, 0.1) is 11.1 Å². The Morgan fingerprint density at radius 1 is 1.10 bits per heavy atom. The van der Waals surface area contributed by atoms with Crippen molar-refractivity contribution in [2.45, 2.75) is 0 Å². The van der Waals surface area contributed by atoms with Crippen LogP contribution < -0.4 is 16.4 Å². The minimum Gasteiger partial charge on any atom is -0.368 e. The van der Waals surface area contributed by atoms with Gasteiger partial charge in [-0.15, -0.1) is 0 Å². The Morgan fingerprint density at radius 2 is 1.95 bits per heavy atom. The average molecular weight is 285 g/mol. The second-order valence-electron chi connectivity index (χ2n) is 4.22. The van der Waals surface area contributed by atoms with E-state index in [0.29, 0.717) is 30.0 Å². The summed E-state index contributed by atoms with van der Waals surface area (Å²) in [5, 5.41) is 5.78. The second-order valence-corrected chi connectivity index (χ2v) is 4.22. The third-order valence-corrected chi connectivity index (χ3v) is 2.69. The van der Waals surface area contributed by atoms with E-state index in [-0.39, 0.29) is 5.91 Å². The van der Waals surface area contributed by atoms with Gasteiger partial charge in [-0.1, -0.05) is 0 Å². The molecular weight excluding hydrogens is 270 g/mol. The van der Waals surface area contributed by atoms with Gasteiger partial charge in [-0.3, -0.25) is 14.6 Å². The number of primary amides is 1. The van der Waals surface area contributed by atoms with Crippen LogP contribution in [0.25, 0.3) is 0 Å². The summed E-state index contributed by atoms with van der Waals surface area (Å²) >= 11 is 0. The third-order valence-electron chi connectivity index (χ3n) is 2.69. The molecule has 0 atom stereocenters. The van der Waals surface area contributed by atoms with Gasteiger partial charge in [-0.05, 0) is 24.3 Å². The van der Waals surface area contributed by atoms with E-state index in [1.54, 1.807) is 30.5 Å². The molecule has 2 aromatic rings. The summed E-state index contributed by atoms with van der Waals surface area (Å²) in [6.07, 6.45) is 4.52. The number of carbonyl (C=O) groups is 2. The summed E-state index contributed by atoms with van der Waals surface area (Å²) in [4.78, 5) is 30.5. The molecule has 2 aromatic heterocycles. The summed E-state index contributed by atoms with van der Waals surface area (Å²) in [7, 11) is 0. The van der Waals surface area contributed by atoms with E-state index in [0.717, 1.165) is 0 Å². The smallest absolute Gasteiger partial charge is 0.252 e. The van der Waals surface area contributed by atoms with E-state index in [9.17, 15) is 9.59 Å². The number of hydrogen-bond acceptors (Lipinski definition) is 5. The summed E-state index contributed by atoms with van der Waals surface area (Å²) in [6.45, 7) is 0.946. The third kappa shape index (κ3) is 4.27. The summed E-state index contributed by atoms with van der Waals surface area (Å²) in [6, 6.07) is 6.65. The van der Waals surface area contributed by atoms with Gasteiger partial charge in [0.25, 0.3) is 5.91 Å². The molecule has 2 heterocycles. The van der Waals surface area contributed by atoms with Crippen LogP contribution in [0.1, 0.15) is 20.7 Å². The summed E-state index contributed by atoms with van der Waals surface area (Å²) in [5.74, 6) is -0.0876. The zero-order valence-corrected chi connectivity index (χ0v) is 11.2. The predicted molar refractivity (Wildman–Crippen MR) is 77.8 cm³/mol. The van der Waals surface area contributed by atoms with Gasteiger partial charge in [0.15, 0.2) is 0 Å². The lowest BCUT2D eigenvalue weighted by Gasteiger charge is -2.07. The van der Waals surface area contributed by atoms with Gasteiger partial charge >= 0.3 is 0 Å². The largest absolute Gasteiger partial charge is 0.368 e. The van der Waals surface area contributed by atoms with Crippen LogP contribution in [0, 0.1) is 0 Å². The highest BCUT2D eigenvalue weighted by Gasteiger charge is 2.04. The van der Waals surface area contributed by atoms with Gasteiger partial charge < -0.3 is 16.4 Å². The number of carbonyl (C=O) groups excluding carboxylic acids is 2. The molecule has 0 aliphatic rings. The molecule has 0 aliphatic carbocycles. The van der Waals surface area contributed by atoms with Crippen molar-refractivity contribution < 1.29 is 9.59 Å². The number of nitrogens with one attached hydrogen (secondary N) is 2. The number of amides is 2. The Morgan fingerprint density at radius 3 is 2.57 bits per heavy atom. The molecule has 2 rings (SSSR count). The first-order valence-electron chi connectivity index (χ1n) is 6.35. The van der Waals surface area contributed by atoms with Gasteiger partial charge in [-0.25, -0.2) is 4.98 Å². The Balaban J connectivity index is 1.75. The highest BCUT2D eigenvalue weighted by Crippen LogP contribution is 2.03. The number of hydrogen-bond donors (Lipinski definition) is 3. The number of anilines is 1. The molecule has 0 radical (unpaired) electrons. The number of pyridine rings is 2. The van der Waals surface area contributed by atoms with Crippen LogP contribution in [0.3, 0.4) is 0 Å². The molecule has 0 aromatic carbocycles. The standard InChI is InChI=1S/C14H15N5O2/c15-13(20)10-3-4-12(19-9-10)17-6-7-18-14(21)11-2-1-5-16-8-11/h1-5,8-9H,6-7H2,(H2,15,20)(H,17,19)(H,18,21). The maximum absolute atomic E-state index is 11.7. The van der Waals surface area contributed by atoms with Crippen molar-refractivity contribution in [1.29, 1.82) is 0 Å². The SMILES string of the molecule is NC(=O)c1ccc(NCCNC(=O)c2cccnc2)nc1. The van der Waals surface area contributed by atoms with E-state index in [2.05, 4.69) is 20.6 Å². The first-order valence-corrected chi connectivity index (χ1v) is 6.35. The van der Waals surface area contributed by atoms with Crippen molar-refractivity contribution in [1.82, 2.24) is 15.3 Å². The minimum absolute atomic E-state index is 0.179. The van der Waals surface area contributed by atoms with Gasteiger partial charge in [0, 0.05) is 31.7 Å². The average Bonchev–Trinajstić information content (AvgIpc) is 2.52. The molecule has 108 valence electrons. The fourth-order valence-corrected chi connectivity index (χ4v) is 1.61. The van der Waals surface area contributed by atoms with Crippen molar-refractivity contribution >= 4 is 17.6 Å². The summed E-state index contributed by atoms with van der Waals surface area (Å²) < 4.78 is 0. The Bertz CT molecular complexity index is 613. The molecule has 21 heavy (non-hydrogen) atoms. The Labute approximate surface area is 121 Å². The van der Waals surface area contributed by atoms with Crippen LogP contribution in [0.5, 0.6) is 0 Å². The molecule has 4 N–H and O–H groups in total. The quantitative estimate of drug-likeness (QED) is 0.666. The molecule has 0 bridgehead atoms. The molecule has 7 nitrogen and oxygen atoms in total. The molecule has 2 amide bonds. The maximum atomic E-state index is 11.7. The van der Waals surface area contributed by atoms with Crippen molar-refractivity contribution in [3.63, 3.8) is 0 Å². The number of nitrogens with zero attached hydrogens (tertiary/aromatic N) is 2. The first-order chi connectivity index (χ1) is 10.2. The van der Waals surface area contributed by atoms with Gasteiger partial charge in [0.2, 0.25) is 5.91 Å². The van der Waals surface area contributed by atoms with E-state index < -0.39 is 5.91 Å². The number of aromatic nitrogens is 2. The van der Waals surface area contributed by atoms with E-state index in [1.807, 2.05) is 0 Å². The van der Waals surface area contributed by atoms with E-state index in [1.165, 1.54) is 12.4 Å². The fourth-order valence-electron chi connectivity index (χ4n) is 1.61. The van der Waals surface area contributed by atoms with Crippen molar-refractivity contribution in [3.8, 4) is 0 Å². The van der Waals surface area contributed by atoms with Crippen molar-refractivity contribution in [3.05, 3.63) is 54.0 Å². The fraction of sp³-hybridized carbons (Fsp3) is 0.143. The zero-order chi connectivity index (χ0) is 15.1. The zero-order valence-electron chi connectivity index (χ0n) is 11.2. The van der Waals surface area contributed by atoms with Crippen LogP contribution in [-0.2, 0) is 0 Å². The maximum Gasteiger partial charge on any atom is 0.252 e. The summed E-state index contributed by atoms with van der Waals surface area (Å²) in [5.41, 5.74) is 5.99. The van der Waals surface area contributed by atoms with Gasteiger partial charge in [-0.2, -0.15) is 0 Å². The Hall–Kier alpha value is -2.96. The molecular formula is C14H15N5O2. The lowest BCUT2D eigenvalue weighted by Crippen LogP contribution is -2.28. The molecule has 0 saturated carbocycles. The molecule has 0 spiro atoms. The highest BCUT2D eigenvalue weighted by atomic mass is 16.2. The van der Waals surface area contributed by atoms with Crippen LogP contribution in [0.15, 0.2) is 42.9 Å². The van der Waals surface area contributed by atoms with Crippen molar-refractivity contribution in [2.75, 3.05) is 18.4 Å². The van der Waals surface area contributed by atoms with Gasteiger partial charge in [0.1, 0.15) is 5.82 Å². The van der Waals surface area contributed by atoms with E-state index in [4.69, 9.17) is 5.73 Å². The monoisotopic (exact) mass is 285 g/mol. The molecule has 0 saturated heterocycles. The molecule has 0 fully saturated rings. The minimum atomic E-state index is -0.516. The first kappa shape index (κ1) is 14.4. The molecule has 0 aliphatic heterocycles. The predicted octanol–water partition coefficient (Wildman–Crippen LogP) is 0.417. The normalized spacial score (nSPS) is 9.90. The number of nitrogens with two attached hydrogens (primary N) is 1. The topological polar surface area (TPSA) is 110 Å². The lowest BCUT2D eigenvalue weighted by molar-refractivity contribution is 0.0953. The lowest BCUT2D eigenvalue weighted by atomic mass is 10.2. The van der Waals surface area contributed by atoms with E-state index >= 15 is 0 Å². The van der Waals surface area contributed by atoms with Crippen LogP contribution in [-0.4, -0.2) is 34.9 Å². The highest BCUT2D eigenvalue weighted by molar-refractivity contribution is 5.93. The second kappa shape index (κ2) is 6.99. The Kier molecular flexibility index (Phi) is 4.81. The van der Waals surface area contributed by atoms with Crippen LogP contribution in [0.2, 0.25) is 0 Å². The van der Waals surface area contributed by atoms with Crippen LogP contribution in [0.4, 0.5) is 5.82 Å². The van der Waals surface area contributed by atoms with Crippen molar-refractivity contribution in [2.24, 2.45) is 5.73 Å². The molecule has 0 unspecified atom stereocenters. The van der Waals surface area contributed by atoms with Crippen LogP contribution >= 0.6 is 0 Å². The molecule has 7 heteroatoms.